The van der Waals surface area contributed by atoms with Crippen LogP contribution in [0.4, 0.5) is 0 Å². The number of benzene rings is 2. The topological polar surface area (TPSA) is 46.6 Å². The maximum absolute atomic E-state index is 13.1. The zero-order valence-corrected chi connectivity index (χ0v) is 17.9. The van der Waals surface area contributed by atoms with E-state index in [0.717, 1.165) is 24.3 Å². The van der Waals surface area contributed by atoms with Crippen molar-refractivity contribution < 1.29 is 14.3 Å². The number of hydrogen-bond donors (Lipinski definition) is 0. The highest BCUT2D eigenvalue weighted by Gasteiger charge is 2.32. The van der Waals surface area contributed by atoms with Gasteiger partial charge in [0.15, 0.2) is 5.78 Å². The number of thiophene rings is 1. The Morgan fingerprint density at radius 3 is 2.57 bits per heavy atom. The van der Waals surface area contributed by atoms with Gasteiger partial charge in [0, 0.05) is 23.4 Å². The number of carbonyl (C=O) groups excluding carboxylic acids is 2. The molecule has 0 fully saturated rings. The van der Waals surface area contributed by atoms with Gasteiger partial charge in [-0.15, -0.1) is 11.3 Å². The lowest BCUT2D eigenvalue weighted by atomic mass is 9.93. The molecule has 0 N–H and O–H groups in total. The molecule has 0 radical (unpaired) electrons. The number of rotatable bonds is 7. The SMILES string of the molecule is CC(=O)c1ccc(OCCCC(=O)N2CCc3sccc3C2c2ccccc2)cc1. The number of carbonyl (C=O) groups is 2. The van der Waals surface area contributed by atoms with Crippen molar-refractivity contribution in [2.75, 3.05) is 13.2 Å². The molecule has 1 aliphatic heterocycles. The minimum atomic E-state index is -0.00579. The Hall–Kier alpha value is -2.92. The van der Waals surface area contributed by atoms with E-state index in [1.165, 1.54) is 10.4 Å². The van der Waals surface area contributed by atoms with E-state index in [0.29, 0.717) is 25.0 Å². The van der Waals surface area contributed by atoms with E-state index < -0.39 is 0 Å². The first-order valence-electron chi connectivity index (χ1n) is 10.3. The van der Waals surface area contributed by atoms with E-state index in [4.69, 9.17) is 4.74 Å². The Bertz CT molecular complexity index is 1010. The summed E-state index contributed by atoms with van der Waals surface area (Å²) in [5.41, 5.74) is 3.09. The molecule has 154 valence electrons. The average Bonchev–Trinajstić information content (AvgIpc) is 3.25. The lowest BCUT2D eigenvalue weighted by molar-refractivity contribution is -0.133. The number of ketones is 1. The van der Waals surface area contributed by atoms with Gasteiger partial charge in [-0.3, -0.25) is 9.59 Å². The molecule has 1 aromatic heterocycles. The lowest BCUT2D eigenvalue weighted by Gasteiger charge is -2.36. The van der Waals surface area contributed by atoms with Crippen LogP contribution >= 0.6 is 11.3 Å². The number of amides is 1. The average molecular weight is 420 g/mol. The first kappa shape index (κ1) is 20.4. The van der Waals surface area contributed by atoms with E-state index in [2.05, 4.69) is 23.6 Å². The lowest BCUT2D eigenvalue weighted by Crippen LogP contribution is -2.40. The van der Waals surface area contributed by atoms with Gasteiger partial charge in [-0.25, -0.2) is 0 Å². The largest absolute Gasteiger partial charge is 0.494 e. The molecule has 0 saturated carbocycles. The minimum absolute atomic E-state index is 0.00579. The molecule has 30 heavy (non-hydrogen) atoms. The first-order valence-corrected chi connectivity index (χ1v) is 11.2. The molecule has 3 aromatic rings. The van der Waals surface area contributed by atoms with Gasteiger partial charge in [0.2, 0.25) is 5.91 Å². The summed E-state index contributed by atoms with van der Waals surface area (Å²) in [6, 6.07) is 19.6. The van der Waals surface area contributed by atoms with Crippen molar-refractivity contribution in [2.45, 2.75) is 32.2 Å². The van der Waals surface area contributed by atoms with Crippen LogP contribution in [0.3, 0.4) is 0 Å². The van der Waals surface area contributed by atoms with Crippen molar-refractivity contribution in [3.05, 3.63) is 87.6 Å². The van der Waals surface area contributed by atoms with Gasteiger partial charge < -0.3 is 9.64 Å². The fourth-order valence-corrected chi connectivity index (χ4v) is 4.83. The maximum atomic E-state index is 13.1. The second-order valence-electron chi connectivity index (χ2n) is 7.48. The summed E-state index contributed by atoms with van der Waals surface area (Å²) >= 11 is 1.78. The summed E-state index contributed by atoms with van der Waals surface area (Å²) in [5, 5.41) is 2.12. The van der Waals surface area contributed by atoms with Crippen molar-refractivity contribution in [3.8, 4) is 5.75 Å². The summed E-state index contributed by atoms with van der Waals surface area (Å²) < 4.78 is 5.75. The molecule has 2 heterocycles. The molecule has 4 rings (SSSR count). The Morgan fingerprint density at radius 2 is 1.83 bits per heavy atom. The van der Waals surface area contributed by atoms with Gasteiger partial charge in [-0.1, -0.05) is 30.3 Å². The van der Waals surface area contributed by atoms with Gasteiger partial charge >= 0.3 is 0 Å². The summed E-state index contributed by atoms with van der Waals surface area (Å²) in [7, 11) is 0. The van der Waals surface area contributed by atoms with Crippen LogP contribution in [-0.2, 0) is 11.2 Å². The van der Waals surface area contributed by atoms with Crippen molar-refractivity contribution in [1.82, 2.24) is 4.90 Å². The molecule has 1 amide bonds. The summed E-state index contributed by atoms with van der Waals surface area (Å²) in [5.74, 6) is 0.919. The molecular formula is C25H25NO3S. The Balaban J connectivity index is 1.37. The maximum Gasteiger partial charge on any atom is 0.223 e. The highest BCUT2D eigenvalue weighted by Crippen LogP contribution is 2.38. The van der Waals surface area contributed by atoms with Gasteiger partial charge in [0.1, 0.15) is 5.75 Å². The van der Waals surface area contributed by atoms with E-state index >= 15 is 0 Å². The Morgan fingerprint density at radius 1 is 1.07 bits per heavy atom. The van der Waals surface area contributed by atoms with Crippen molar-refractivity contribution in [1.29, 1.82) is 0 Å². The Labute approximate surface area is 181 Å². The predicted octanol–water partition coefficient (Wildman–Crippen LogP) is 5.28. The molecule has 1 atom stereocenters. The normalized spacial score (nSPS) is 15.5. The zero-order valence-electron chi connectivity index (χ0n) is 17.0. The predicted molar refractivity (Wildman–Crippen MR) is 119 cm³/mol. The quantitative estimate of drug-likeness (QED) is 0.386. The van der Waals surface area contributed by atoms with Gasteiger partial charge in [0.05, 0.1) is 12.6 Å². The monoisotopic (exact) mass is 419 g/mol. The van der Waals surface area contributed by atoms with Crippen LogP contribution in [-0.4, -0.2) is 29.7 Å². The van der Waals surface area contributed by atoms with Crippen molar-refractivity contribution in [2.24, 2.45) is 0 Å². The third kappa shape index (κ3) is 4.46. The molecular weight excluding hydrogens is 394 g/mol. The standard InChI is InChI=1S/C25H25NO3S/c1-18(27)19-9-11-21(12-10-19)29-16-5-8-24(28)26-15-13-23-22(14-17-30-23)25(26)20-6-3-2-4-7-20/h2-4,6-7,9-12,14,17,25H,5,8,13,15-16H2,1H3. The second-order valence-corrected chi connectivity index (χ2v) is 8.48. The van der Waals surface area contributed by atoms with Crippen LogP contribution in [0.25, 0.3) is 0 Å². The highest BCUT2D eigenvalue weighted by molar-refractivity contribution is 7.10. The molecule has 1 aliphatic rings. The van der Waals surface area contributed by atoms with Crippen LogP contribution in [0.1, 0.15) is 52.2 Å². The van der Waals surface area contributed by atoms with Crippen molar-refractivity contribution >= 4 is 23.0 Å². The third-order valence-corrected chi connectivity index (χ3v) is 6.46. The fourth-order valence-electron chi connectivity index (χ4n) is 3.92. The van der Waals surface area contributed by atoms with Gasteiger partial charge in [0.25, 0.3) is 0 Å². The molecule has 1 unspecified atom stereocenters. The number of hydrogen-bond acceptors (Lipinski definition) is 4. The summed E-state index contributed by atoms with van der Waals surface area (Å²) in [6.45, 7) is 2.77. The molecule has 0 aliphatic carbocycles. The first-order chi connectivity index (χ1) is 14.6. The minimum Gasteiger partial charge on any atom is -0.494 e. The van der Waals surface area contributed by atoms with E-state index in [1.807, 2.05) is 23.1 Å². The molecule has 0 saturated heterocycles. The van der Waals surface area contributed by atoms with Crippen LogP contribution < -0.4 is 4.74 Å². The summed E-state index contributed by atoms with van der Waals surface area (Å²) in [4.78, 5) is 27.8. The van der Waals surface area contributed by atoms with E-state index in [-0.39, 0.29) is 17.7 Å². The van der Waals surface area contributed by atoms with Crippen molar-refractivity contribution in [3.63, 3.8) is 0 Å². The van der Waals surface area contributed by atoms with Gasteiger partial charge in [-0.05, 0) is 66.6 Å². The summed E-state index contributed by atoms with van der Waals surface area (Å²) in [6.07, 6.45) is 2.03. The van der Waals surface area contributed by atoms with E-state index in [9.17, 15) is 9.59 Å². The molecule has 2 aromatic carbocycles. The molecule has 4 nitrogen and oxygen atoms in total. The molecule has 0 spiro atoms. The number of nitrogens with zero attached hydrogens (tertiary/aromatic N) is 1. The third-order valence-electron chi connectivity index (χ3n) is 5.47. The second kappa shape index (κ2) is 9.26. The molecule has 0 bridgehead atoms. The fraction of sp³-hybridized carbons (Fsp3) is 0.280. The van der Waals surface area contributed by atoms with Crippen LogP contribution in [0.2, 0.25) is 0 Å². The van der Waals surface area contributed by atoms with E-state index in [1.54, 1.807) is 42.5 Å². The van der Waals surface area contributed by atoms with Gasteiger partial charge in [-0.2, -0.15) is 0 Å². The smallest absolute Gasteiger partial charge is 0.223 e. The number of Topliss-reactive ketones (excluding diaryl/α,β-unsaturated/α-hetero) is 1. The van der Waals surface area contributed by atoms with Crippen LogP contribution in [0.5, 0.6) is 5.75 Å². The number of ether oxygens (including phenoxy) is 1. The zero-order chi connectivity index (χ0) is 20.9. The molecule has 5 heteroatoms. The van der Waals surface area contributed by atoms with Crippen LogP contribution in [0.15, 0.2) is 66.0 Å². The number of fused-ring (bicyclic) bond motifs is 1. The highest BCUT2D eigenvalue weighted by atomic mass is 32.1. The Kier molecular flexibility index (Phi) is 6.29. The van der Waals surface area contributed by atoms with Crippen LogP contribution in [0, 0.1) is 0 Å².